The molecule has 2 rings (SSSR count). The zero-order valence-electron chi connectivity index (χ0n) is 12.2. The second-order valence-corrected chi connectivity index (χ2v) is 5.57. The van der Waals surface area contributed by atoms with E-state index in [4.69, 9.17) is 0 Å². The molecule has 0 saturated carbocycles. The molecule has 3 heteroatoms. The second-order valence-electron chi connectivity index (χ2n) is 4.62. The molecule has 1 heterocycles. The molecule has 0 aliphatic carbocycles. The molecule has 1 aromatic rings. The second kappa shape index (κ2) is 7.70. The van der Waals surface area contributed by atoms with Crippen molar-refractivity contribution in [2.75, 3.05) is 6.54 Å². The molecule has 1 aromatic carbocycles. The normalized spacial score (nSPS) is 15.2. The van der Waals surface area contributed by atoms with Gasteiger partial charge in [0.1, 0.15) is 0 Å². The molecule has 2 nitrogen and oxygen atoms in total. The zero-order chi connectivity index (χ0) is 15.1. The van der Waals surface area contributed by atoms with Crippen LogP contribution in [0, 0.1) is 0 Å². The van der Waals surface area contributed by atoms with E-state index in [9.17, 15) is 4.79 Å². The molecule has 108 valence electrons. The van der Waals surface area contributed by atoms with Crippen molar-refractivity contribution < 1.29 is 4.79 Å². The standard InChI is InChI=1S/C18H19NOS/c1-3-5-8-15(4-2)11-12-19-13-14-21-17-10-7-6-9-16(17)18(19)20/h3-10,13-14H,2,11-12H2,1H3/b5-3-,15-8+. The van der Waals surface area contributed by atoms with Gasteiger partial charge < -0.3 is 4.90 Å². The summed E-state index contributed by atoms with van der Waals surface area (Å²) in [7, 11) is 0. The Balaban J connectivity index is 2.11. The van der Waals surface area contributed by atoms with Gasteiger partial charge >= 0.3 is 0 Å². The molecule has 1 aliphatic heterocycles. The molecule has 0 N–H and O–H groups in total. The number of thioether (sulfide) groups is 1. The van der Waals surface area contributed by atoms with Crippen molar-refractivity contribution in [2.24, 2.45) is 0 Å². The molecule has 0 atom stereocenters. The summed E-state index contributed by atoms with van der Waals surface area (Å²) in [6, 6.07) is 7.72. The Labute approximate surface area is 130 Å². The van der Waals surface area contributed by atoms with Crippen LogP contribution in [0.2, 0.25) is 0 Å². The lowest BCUT2D eigenvalue weighted by Gasteiger charge is -2.17. The Morgan fingerprint density at radius 3 is 2.95 bits per heavy atom. The lowest BCUT2D eigenvalue weighted by atomic mass is 10.1. The Bertz CT molecular complexity index is 613. The number of hydrogen-bond donors (Lipinski definition) is 0. The van der Waals surface area contributed by atoms with Crippen molar-refractivity contribution in [2.45, 2.75) is 18.2 Å². The quantitative estimate of drug-likeness (QED) is 0.729. The number of hydrogen-bond acceptors (Lipinski definition) is 2. The van der Waals surface area contributed by atoms with Crippen LogP contribution >= 0.6 is 11.8 Å². The van der Waals surface area contributed by atoms with Crippen molar-refractivity contribution in [3.05, 3.63) is 77.9 Å². The first kappa shape index (κ1) is 15.4. The Morgan fingerprint density at radius 1 is 1.38 bits per heavy atom. The number of benzene rings is 1. The van der Waals surface area contributed by atoms with Crippen LogP contribution in [-0.2, 0) is 0 Å². The molecule has 21 heavy (non-hydrogen) atoms. The van der Waals surface area contributed by atoms with Gasteiger partial charge in [0.15, 0.2) is 0 Å². The van der Waals surface area contributed by atoms with Gasteiger partial charge in [-0.05, 0) is 36.5 Å². The van der Waals surface area contributed by atoms with E-state index in [1.54, 1.807) is 16.7 Å². The predicted octanol–water partition coefficient (Wildman–Crippen LogP) is 4.78. The summed E-state index contributed by atoms with van der Waals surface area (Å²) in [5, 5.41) is 1.97. The van der Waals surface area contributed by atoms with Crippen LogP contribution in [0.1, 0.15) is 23.7 Å². The van der Waals surface area contributed by atoms with Gasteiger partial charge in [-0.2, -0.15) is 0 Å². The summed E-state index contributed by atoms with van der Waals surface area (Å²) in [6.45, 7) is 6.45. The van der Waals surface area contributed by atoms with Crippen LogP contribution in [0.15, 0.2) is 77.2 Å². The van der Waals surface area contributed by atoms with Gasteiger partial charge in [0.2, 0.25) is 0 Å². The Kier molecular flexibility index (Phi) is 5.64. The van der Waals surface area contributed by atoms with Gasteiger partial charge in [0.05, 0.1) is 5.56 Å². The fourth-order valence-corrected chi connectivity index (χ4v) is 2.84. The zero-order valence-corrected chi connectivity index (χ0v) is 13.0. The number of nitrogens with zero attached hydrogens (tertiary/aromatic N) is 1. The van der Waals surface area contributed by atoms with Crippen molar-refractivity contribution in [3.8, 4) is 0 Å². The minimum atomic E-state index is 0.0568. The molecule has 0 spiro atoms. The molecule has 0 aromatic heterocycles. The molecule has 1 aliphatic rings. The van der Waals surface area contributed by atoms with Crippen LogP contribution < -0.4 is 0 Å². The molecular formula is C18H19NOS. The van der Waals surface area contributed by atoms with E-state index >= 15 is 0 Å². The van der Waals surface area contributed by atoms with Gasteiger partial charge in [-0.3, -0.25) is 4.79 Å². The van der Waals surface area contributed by atoms with Gasteiger partial charge in [0.25, 0.3) is 5.91 Å². The van der Waals surface area contributed by atoms with Crippen LogP contribution in [0.5, 0.6) is 0 Å². The monoisotopic (exact) mass is 297 g/mol. The molecule has 0 radical (unpaired) electrons. The minimum absolute atomic E-state index is 0.0568. The van der Waals surface area contributed by atoms with Crippen molar-refractivity contribution >= 4 is 17.7 Å². The predicted molar refractivity (Wildman–Crippen MR) is 90.2 cm³/mol. The van der Waals surface area contributed by atoms with E-state index in [1.165, 1.54) is 0 Å². The number of rotatable bonds is 5. The third-order valence-corrected chi connectivity index (χ3v) is 4.09. The van der Waals surface area contributed by atoms with E-state index in [1.807, 2.05) is 67.1 Å². The average Bonchev–Trinajstić information content (AvgIpc) is 2.67. The minimum Gasteiger partial charge on any atom is -0.314 e. The van der Waals surface area contributed by atoms with E-state index in [-0.39, 0.29) is 5.91 Å². The molecule has 0 fully saturated rings. The molecule has 0 bridgehead atoms. The van der Waals surface area contributed by atoms with Gasteiger partial charge in [0, 0.05) is 17.6 Å². The lowest BCUT2D eigenvalue weighted by molar-refractivity contribution is 0.0821. The lowest BCUT2D eigenvalue weighted by Crippen LogP contribution is -2.26. The fourth-order valence-electron chi connectivity index (χ4n) is 2.04. The van der Waals surface area contributed by atoms with Crippen molar-refractivity contribution in [3.63, 3.8) is 0 Å². The first-order chi connectivity index (χ1) is 10.3. The van der Waals surface area contributed by atoms with E-state index in [0.29, 0.717) is 6.54 Å². The highest BCUT2D eigenvalue weighted by molar-refractivity contribution is 8.02. The smallest absolute Gasteiger partial charge is 0.258 e. The summed E-state index contributed by atoms with van der Waals surface area (Å²) < 4.78 is 0. The maximum atomic E-state index is 12.6. The summed E-state index contributed by atoms with van der Waals surface area (Å²) >= 11 is 1.58. The summed E-state index contributed by atoms with van der Waals surface area (Å²) in [4.78, 5) is 15.3. The summed E-state index contributed by atoms with van der Waals surface area (Å²) in [5.74, 6) is 0.0568. The third-order valence-electron chi connectivity index (χ3n) is 3.22. The highest BCUT2D eigenvalue weighted by atomic mass is 32.2. The number of carbonyl (C=O) groups is 1. The Hall–Kier alpha value is -2.00. The van der Waals surface area contributed by atoms with Crippen LogP contribution in [-0.4, -0.2) is 17.4 Å². The fraction of sp³-hybridized carbons (Fsp3) is 0.167. The Morgan fingerprint density at radius 2 is 2.19 bits per heavy atom. The molecule has 1 amide bonds. The van der Waals surface area contributed by atoms with E-state index in [0.717, 1.165) is 22.5 Å². The third kappa shape index (κ3) is 3.99. The SMILES string of the molecule is C=C/C(=C\C=C/C)CCN1C=CSc2ccccc2C1=O. The van der Waals surface area contributed by atoms with Crippen LogP contribution in [0.3, 0.4) is 0 Å². The largest absolute Gasteiger partial charge is 0.314 e. The first-order valence-electron chi connectivity index (χ1n) is 6.94. The molecule has 0 unspecified atom stereocenters. The van der Waals surface area contributed by atoms with Gasteiger partial charge in [-0.15, -0.1) is 0 Å². The highest BCUT2D eigenvalue weighted by Gasteiger charge is 2.19. The van der Waals surface area contributed by atoms with Crippen LogP contribution in [0.25, 0.3) is 0 Å². The number of carbonyl (C=O) groups excluding carboxylic acids is 1. The van der Waals surface area contributed by atoms with Gasteiger partial charge in [-0.1, -0.05) is 54.8 Å². The summed E-state index contributed by atoms with van der Waals surface area (Å²) in [6.07, 6.45) is 10.5. The maximum Gasteiger partial charge on any atom is 0.258 e. The van der Waals surface area contributed by atoms with E-state index in [2.05, 4.69) is 6.58 Å². The number of allylic oxidation sites excluding steroid dienone is 4. The first-order valence-corrected chi connectivity index (χ1v) is 7.82. The van der Waals surface area contributed by atoms with Gasteiger partial charge in [-0.25, -0.2) is 0 Å². The number of fused-ring (bicyclic) bond motifs is 1. The van der Waals surface area contributed by atoms with Crippen molar-refractivity contribution in [1.29, 1.82) is 0 Å². The topological polar surface area (TPSA) is 20.3 Å². The van der Waals surface area contributed by atoms with Crippen molar-refractivity contribution in [1.82, 2.24) is 4.90 Å². The molecular weight excluding hydrogens is 278 g/mol. The molecule has 0 saturated heterocycles. The number of amides is 1. The highest BCUT2D eigenvalue weighted by Crippen LogP contribution is 2.28. The summed E-state index contributed by atoms with van der Waals surface area (Å²) in [5.41, 5.74) is 1.89. The van der Waals surface area contributed by atoms with E-state index < -0.39 is 0 Å². The maximum absolute atomic E-state index is 12.6. The van der Waals surface area contributed by atoms with Crippen LogP contribution in [0.4, 0.5) is 0 Å². The average molecular weight is 297 g/mol.